The average Bonchev–Trinajstić information content (AvgIpc) is 3.30. The number of aromatic nitrogens is 3. The van der Waals surface area contributed by atoms with E-state index in [9.17, 15) is 9.59 Å². The fourth-order valence-corrected chi connectivity index (χ4v) is 3.58. The number of anilines is 1. The Kier molecular flexibility index (Phi) is 3.98. The lowest BCUT2D eigenvalue weighted by molar-refractivity contribution is 0.0729. The first-order valence-electron chi connectivity index (χ1n) is 7.59. The number of thiazole rings is 1. The van der Waals surface area contributed by atoms with E-state index >= 15 is 0 Å². The van der Waals surface area contributed by atoms with Gasteiger partial charge in [0.05, 0.1) is 24.7 Å². The van der Waals surface area contributed by atoms with Crippen LogP contribution in [0.1, 0.15) is 31.6 Å². The van der Waals surface area contributed by atoms with Gasteiger partial charge in [-0.2, -0.15) is 0 Å². The minimum atomic E-state index is -0.344. The molecular weight excluding hydrogens is 342 g/mol. The van der Waals surface area contributed by atoms with Crippen molar-refractivity contribution in [3.05, 3.63) is 59.0 Å². The molecule has 0 radical (unpaired) electrons. The predicted molar refractivity (Wildman–Crippen MR) is 89.3 cm³/mol. The third kappa shape index (κ3) is 3.13. The molecule has 3 aromatic heterocycles. The summed E-state index contributed by atoms with van der Waals surface area (Å²) < 4.78 is 5.07. The third-order valence-corrected chi connectivity index (χ3v) is 4.76. The largest absolute Gasteiger partial charge is 0.459 e. The number of nitrogens with zero attached hydrogens (tertiary/aromatic N) is 4. The van der Waals surface area contributed by atoms with Gasteiger partial charge in [0.2, 0.25) is 0 Å². The lowest BCUT2D eigenvalue weighted by Crippen LogP contribution is -2.36. The van der Waals surface area contributed by atoms with E-state index in [1.54, 1.807) is 17.0 Å². The molecule has 0 fully saturated rings. The van der Waals surface area contributed by atoms with Crippen molar-refractivity contribution < 1.29 is 14.0 Å². The lowest BCUT2D eigenvalue weighted by Gasteiger charge is -2.25. The maximum Gasteiger partial charge on any atom is 0.293 e. The molecule has 0 unspecified atom stereocenters. The van der Waals surface area contributed by atoms with Crippen LogP contribution in [-0.4, -0.2) is 38.2 Å². The molecule has 1 aliphatic rings. The van der Waals surface area contributed by atoms with Crippen LogP contribution in [0.2, 0.25) is 0 Å². The van der Waals surface area contributed by atoms with Crippen molar-refractivity contribution in [3.63, 3.8) is 0 Å². The van der Waals surface area contributed by atoms with Crippen LogP contribution in [0, 0.1) is 0 Å². The summed E-state index contributed by atoms with van der Waals surface area (Å²) in [6.45, 7) is 0.997. The molecule has 8 nitrogen and oxygen atoms in total. The van der Waals surface area contributed by atoms with E-state index in [0.717, 1.165) is 10.6 Å². The van der Waals surface area contributed by atoms with Crippen LogP contribution in [0.5, 0.6) is 0 Å². The van der Waals surface area contributed by atoms with E-state index in [0.29, 0.717) is 30.3 Å². The number of carbonyl (C=O) groups excluding carboxylic acids is 2. The zero-order valence-electron chi connectivity index (χ0n) is 13.0. The van der Waals surface area contributed by atoms with Gasteiger partial charge in [0.25, 0.3) is 11.8 Å². The lowest BCUT2D eigenvalue weighted by atomic mass is 10.1. The molecule has 0 aliphatic carbocycles. The number of nitrogens with one attached hydrogen (secondary N) is 1. The first-order chi connectivity index (χ1) is 12.2. The van der Waals surface area contributed by atoms with Gasteiger partial charge >= 0.3 is 0 Å². The monoisotopic (exact) mass is 355 g/mol. The number of amides is 2. The summed E-state index contributed by atoms with van der Waals surface area (Å²) in [5.74, 6) is -0.274. The Morgan fingerprint density at radius 2 is 2.24 bits per heavy atom. The highest BCUT2D eigenvalue weighted by molar-refractivity contribution is 7.15. The highest BCUT2D eigenvalue weighted by atomic mass is 32.1. The molecule has 3 aromatic rings. The van der Waals surface area contributed by atoms with Gasteiger partial charge in [-0.1, -0.05) is 11.3 Å². The number of fused-ring (bicyclic) bond motifs is 1. The molecule has 4 rings (SSSR count). The predicted octanol–water partition coefficient (Wildman–Crippen LogP) is 1.98. The van der Waals surface area contributed by atoms with E-state index in [1.165, 1.54) is 36.2 Å². The van der Waals surface area contributed by atoms with Crippen molar-refractivity contribution in [2.24, 2.45) is 0 Å². The van der Waals surface area contributed by atoms with Gasteiger partial charge in [0, 0.05) is 30.2 Å². The van der Waals surface area contributed by atoms with E-state index in [4.69, 9.17) is 4.42 Å². The topological polar surface area (TPSA) is 101 Å². The maximum absolute atomic E-state index is 12.5. The molecule has 2 amide bonds. The summed E-state index contributed by atoms with van der Waals surface area (Å²) in [6, 6.07) is 3.24. The summed E-state index contributed by atoms with van der Waals surface area (Å²) in [7, 11) is 0. The summed E-state index contributed by atoms with van der Waals surface area (Å²) in [6.07, 6.45) is 6.56. The first-order valence-corrected chi connectivity index (χ1v) is 8.41. The fourth-order valence-electron chi connectivity index (χ4n) is 2.56. The van der Waals surface area contributed by atoms with Crippen LogP contribution < -0.4 is 5.32 Å². The quantitative estimate of drug-likeness (QED) is 0.771. The van der Waals surface area contributed by atoms with Crippen LogP contribution in [0.15, 0.2) is 41.4 Å². The Morgan fingerprint density at radius 1 is 1.32 bits per heavy atom. The molecule has 1 N–H and O–H groups in total. The van der Waals surface area contributed by atoms with Crippen LogP contribution in [-0.2, 0) is 13.0 Å². The normalized spacial score (nSPS) is 13.4. The molecule has 0 atom stereocenters. The van der Waals surface area contributed by atoms with Gasteiger partial charge in [0.1, 0.15) is 5.69 Å². The first kappa shape index (κ1) is 15.5. The number of hydrogen-bond donors (Lipinski definition) is 1. The molecule has 0 bridgehead atoms. The number of furan rings is 1. The molecule has 1 aliphatic heterocycles. The van der Waals surface area contributed by atoms with Gasteiger partial charge in [-0.15, -0.1) is 0 Å². The smallest absolute Gasteiger partial charge is 0.293 e. The highest BCUT2D eigenvalue weighted by Gasteiger charge is 2.26. The Bertz CT molecular complexity index is 907. The summed E-state index contributed by atoms with van der Waals surface area (Å²) in [5, 5.41) is 3.23. The number of hydrogen-bond acceptors (Lipinski definition) is 7. The van der Waals surface area contributed by atoms with Gasteiger partial charge in [-0.05, 0) is 12.1 Å². The minimum Gasteiger partial charge on any atom is -0.459 e. The van der Waals surface area contributed by atoms with E-state index in [-0.39, 0.29) is 17.6 Å². The molecular formula is C16H13N5O3S. The van der Waals surface area contributed by atoms with Crippen molar-refractivity contribution in [2.75, 3.05) is 11.9 Å². The van der Waals surface area contributed by atoms with Crippen LogP contribution in [0.4, 0.5) is 5.13 Å². The molecule has 9 heteroatoms. The molecule has 25 heavy (non-hydrogen) atoms. The molecule has 126 valence electrons. The van der Waals surface area contributed by atoms with Crippen molar-refractivity contribution >= 4 is 28.3 Å². The van der Waals surface area contributed by atoms with Crippen molar-refractivity contribution in [3.8, 4) is 0 Å². The Hall–Kier alpha value is -3.07. The fraction of sp³-hybridized carbons (Fsp3) is 0.188. The van der Waals surface area contributed by atoms with E-state index in [2.05, 4.69) is 20.3 Å². The zero-order valence-corrected chi connectivity index (χ0v) is 13.8. The van der Waals surface area contributed by atoms with Gasteiger partial charge < -0.3 is 9.32 Å². The molecule has 0 saturated carbocycles. The Labute approximate surface area is 146 Å². The highest BCUT2D eigenvalue weighted by Crippen LogP contribution is 2.29. The second-order valence-electron chi connectivity index (χ2n) is 5.39. The number of rotatable bonds is 3. The van der Waals surface area contributed by atoms with E-state index < -0.39 is 0 Å². The summed E-state index contributed by atoms with van der Waals surface area (Å²) >= 11 is 1.36. The van der Waals surface area contributed by atoms with E-state index in [1.807, 2.05) is 0 Å². The SMILES string of the molecule is O=C(Nc1nc2c(s1)CN(C(=O)c1cnccn1)CC2)c1ccco1. The summed E-state index contributed by atoms with van der Waals surface area (Å²) in [5.41, 5.74) is 1.23. The minimum absolute atomic E-state index is 0.159. The van der Waals surface area contributed by atoms with Crippen molar-refractivity contribution in [2.45, 2.75) is 13.0 Å². The second-order valence-corrected chi connectivity index (χ2v) is 6.47. The Morgan fingerprint density at radius 3 is 3.00 bits per heavy atom. The van der Waals surface area contributed by atoms with Gasteiger partial charge in [0.15, 0.2) is 10.9 Å². The van der Waals surface area contributed by atoms with Crippen LogP contribution in [0.3, 0.4) is 0 Å². The maximum atomic E-state index is 12.5. The van der Waals surface area contributed by atoms with Gasteiger partial charge in [-0.3, -0.25) is 19.9 Å². The average molecular weight is 355 g/mol. The molecule has 0 saturated heterocycles. The second kappa shape index (κ2) is 6.44. The molecule has 4 heterocycles. The molecule has 0 spiro atoms. The standard InChI is InChI=1S/C16H13N5O3S/c22-14(12-2-1-7-24-12)20-16-19-10-3-6-21(9-13(10)25-16)15(23)11-8-17-4-5-18-11/h1-2,4-5,7-8H,3,6,9H2,(H,19,20,22). The van der Waals surface area contributed by atoms with Crippen LogP contribution in [0.25, 0.3) is 0 Å². The summed E-state index contributed by atoms with van der Waals surface area (Å²) in [4.78, 5) is 39.6. The number of carbonyl (C=O) groups is 2. The van der Waals surface area contributed by atoms with Crippen molar-refractivity contribution in [1.29, 1.82) is 0 Å². The third-order valence-electron chi connectivity index (χ3n) is 3.77. The van der Waals surface area contributed by atoms with Crippen molar-refractivity contribution in [1.82, 2.24) is 19.9 Å². The molecule has 0 aromatic carbocycles. The van der Waals surface area contributed by atoms with Crippen LogP contribution >= 0.6 is 11.3 Å². The van der Waals surface area contributed by atoms with Gasteiger partial charge in [-0.25, -0.2) is 9.97 Å². The Balaban J connectivity index is 1.48. The zero-order chi connectivity index (χ0) is 17.2.